The van der Waals surface area contributed by atoms with Crippen molar-refractivity contribution < 1.29 is 14.6 Å². The first-order valence-corrected chi connectivity index (χ1v) is 5.39. The summed E-state index contributed by atoms with van der Waals surface area (Å²) < 4.78 is 4.60. The van der Waals surface area contributed by atoms with Gasteiger partial charge in [0, 0.05) is 0 Å². The Balaban J connectivity index is 3.24. The molecule has 90 valence electrons. The number of ether oxygens (including phenoxy) is 1. The summed E-state index contributed by atoms with van der Waals surface area (Å²) in [5.74, 6) is -0.355. The summed E-state index contributed by atoms with van der Waals surface area (Å²) in [7, 11) is 1.32. The van der Waals surface area contributed by atoms with Crippen LogP contribution >= 0.6 is 0 Å². The summed E-state index contributed by atoms with van der Waals surface area (Å²) in [6.45, 7) is 1.74. The highest BCUT2D eigenvalue weighted by molar-refractivity contribution is 5.73. The molecule has 4 heteroatoms. The molecule has 0 heterocycles. The average molecular weight is 233 g/mol. The summed E-state index contributed by atoms with van der Waals surface area (Å²) in [6, 6.07) is 5.46. The van der Waals surface area contributed by atoms with Gasteiger partial charge in [-0.15, -0.1) is 0 Å². The minimum atomic E-state index is -0.355. The molecule has 0 amide bonds. The molecule has 0 fully saturated rings. The second kappa shape index (κ2) is 6.02. The maximum absolute atomic E-state index is 11.2. The molecule has 1 rings (SSSR count). The number of carbonyl (C=O) groups excluding carboxylic acids is 1. The fourth-order valence-corrected chi connectivity index (χ4v) is 1.84. The number of nitrogens with zero attached hydrogens (tertiary/aromatic N) is 1. The molecule has 0 aliphatic rings. The Labute approximate surface area is 100 Å². The third-order valence-electron chi connectivity index (χ3n) is 2.72. The zero-order valence-electron chi connectivity index (χ0n) is 9.99. The van der Waals surface area contributed by atoms with E-state index < -0.39 is 0 Å². The van der Waals surface area contributed by atoms with Gasteiger partial charge in [0.15, 0.2) is 0 Å². The highest BCUT2D eigenvalue weighted by atomic mass is 16.5. The second-order valence-corrected chi connectivity index (χ2v) is 3.61. The number of methoxy groups -OCH3 is 1. The molecular weight excluding hydrogens is 218 g/mol. The van der Waals surface area contributed by atoms with Gasteiger partial charge < -0.3 is 9.84 Å². The lowest BCUT2D eigenvalue weighted by Gasteiger charge is -2.12. The van der Waals surface area contributed by atoms with Crippen molar-refractivity contribution in [1.29, 1.82) is 5.26 Å². The van der Waals surface area contributed by atoms with Crippen LogP contribution in [0.2, 0.25) is 0 Å². The number of rotatable bonds is 4. The molecule has 0 saturated heterocycles. The van der Waals surface area contributed by atoms with Gasteiger partial charge in [0.1, 0.15) is 0 Å². The van der Waals surface area contributed by atoms with Crippen molar-refractivity contribution in [2.24, 2.45) is 0 Å². The predicted molar refractivity (Wildman–Crippen MR) is 62.2 cm³/mol. The topological polar surface area (TPSA) is 70.3 Å². The smallest absolute Gasteiger partial charge is 0.309 e. The molecule has 1 aromatic rings. The molecule has 0 aliphatic carbocycles. The van der Waals surface area contributed by atoms with Gasteiger partial charge >= 0.3 is 5.97 Å². The van der Waals surface area contributed by atoms with Crippen molar-refractivity contribution >= 4 is 5.97 Å². The summed E-state index contributed by atoms with van der Waals surface area (Å²) in [4.78, 5) is 11.2. The van der Waals surface area contributed by atoms with Crippen molar-refractivity contribution in [3.8, 4) is 6.07 Å². The van der Waals surface area contributed by atoms with E-state index in [2.05, 4.69) is 10.8 Å². The standard InChI is InChI=1S/C13H15NO3/c1-3-11-10(7-14)5-4-9(12(11)8-15)6-13(16)17-2/h4-5,15H,3,6,8H2,1-2H3. The zero-order chi connectivity index (χ0) is 12.8. The number of nitriles is 1. The normalized spacial score (nSPS) is 9.76. The molecule has 0 radical (unpaired) electrons. The van der Waals surface area contributed by atoms with E-state index in [9.17, 15) is 9.90 Å². The highest BCUT2D eigenvalue weighted by Gasteiger charge is 2.13. The van der Waals surface area contributed by atoms with Crippen LogP contribution in [0, 0.1) is 11.3 Å². The quantitative estimate of drug-likeness (QED) is 0.796. The maximum atomic E-state index is 11.2. The number of benzene rings is 1. The average Bonchev–Trinajstić information content (AvgIpc) is 2.37. The molecule has 1 N–H and O–H groups in total. The fraction of sp³-hybridized carbons (Fsp3) is 0.385. The lowest BCUT2D eigenvalue weighted by molar-refractivity contribution is -0.139. The molecule has 4 nitrogen and oxygen atoms in total. The Kier molecular flexibility index (Phi) is 4.68. The number of carbonyl (C=O) groups is 1. The van der Waals surface area contributed by atoms with E-state index >= 15 is 0 Å². The predicted octanol–water partition coefficient (Wildman–Crippen LogP) is 1.33. The summed E-state index contributed by atoms with van der Waals surface area (Å²) in [5, 5.41) is 18.3. The minimum Gasteiger partial charge on any atom is -0.469 e. The van der Waals surface area contributed by atoms with Gasteiger partial charge in [0.25, 0.3) is 0 Å². The first kappa shape index (κ1) is 13.2. The van der Waals surface area contributed by atoms with E-state index in [0.717, 1.165) is 11.1 Å². The molecule has 1 aromatic carbocycles. The van der Waals surface area contributed by atoms with Crippen LogP contribution in [0.5, 0.6) is 0 Å². The Bertz CT molecular complexity index is 460. The molecule has 0 aromatic heterocycles. The van der Waals surface area contributed by atoms with Crippen molar-refractivity contribution in [2.75, 3.05) is 7.11 Å². The highest BCUT2D eigenvalue weighted by Crippen LogP contribution is 2.21. The van der Waals surface area contributed by atoms with Gasteiger partial charge in [0.05, 0.1) is 31.8 Å². The van der Waals surface area contributed by atoms with Gasteiger partial charge in [-0.25, -0.2) is 0 Å². The van der Waals surface area contributed by atoms with Crippen molar-refractivity contribution in [2.45, 2.75) is 26.4 Å². The first-order valence-electron chi connectivity index (χ1n) is 5.39. The Hall–Kier alpha value is -1.86. The van der Waals surface area contributed by atoms with Crippen LogP contribution < -0.4 is 0 Å². The summed E-state index contributed by atoms with van der Waals surface area (Å²) in [6.07, 6.45) is 0.763. The van der Waals surface area contributed by atoms with Gasteiger partial charge in [-0.05, 0) is 29.2 Å². The third-order valence-corrected chi connectivity index (χ3v) is 2.72. The number of hydrogen-bond donors (Lipinski definition) is 1. The van der Waals surface area contributed by atoms with Crippen molar-refractivity contribution in [3.05, 3.63) is 34.4 Å². The van der Waals surface area contributed by atoms with E-state index in [1.807, 2.05) is 6.92 Å². The van der Waals surface area contributed by atoms with Crippen molar-refractivity contribution in [1.82, 2.24) is 0 Å². The SMILES string of the molecule is CCc1c(C#N)ccc(CC(=O)OC)c1CO. The minimum absolute atomic E-state index is 0.116. The number of esters is 1. The van der Waals surface area contributed by atoms with Gasteiger partial charge in [0.2, 0.25) is 0 Å². The lowest BCUT2D eigenvalue weighted by Crippen LogP contribution is -2.09. The fourth-order valence-electron chi connectivity index (χ4n) is 1.84. The largest absolute Gasteiger partial charge is 0.469 e. The third kappa shape index (κ3) is 2.83. The van der Waals surface area contributed by atoms with Crippen LogP contribution in [-0.2, 0) is 29.0 Å². The van der Waals surface area contributed by atoms with Crippen LogP contribution in [0.15, 0.2) is 12.1 Å². The van der Waals surface area contributed by atoms with Crippen LogP contribution in [0.25, 0.3) is 0 Å². The van der Waals surface area contributed by atoms with E-state index in [1.54, 1.807) is 12.1 Å². The molecule has 0 bridgehead atoms. The molecule has 17 heavy (non-hydrogen) atoms. The van der Waals surface area contributed by atoms with Gasteiger partial charge in [-0.3, -0.25) is 4.79 Å². The van der Waals surface area contributed by atoms with Gasteiger partial charge in [-0.2, -0.15) is 5.26 Å². The molecule has 0 spiro atoms. The molecular formula is C13H15NO3. The maximum Gasteiger partial charge on any atom is 0.309 e. The Morgan fingerprint density at radius 1 is 1.47 bits per heavy atom. The monoisotopic (exact) mass is 233 g/mol. The molecule has 0 aliphatic heterocycles. The Morgan fingerprint density at radius 3 is 2.65 bits per heavy atom. The van der Waals surface area contributed by atoms with E-state index in [-0.39, 0.29) is 19.0 Å². The second-order valence-electron chi connectivity index (χ2n) is 3.61. The number of aliphatic hydroxyl groups is 1. The number of hydrogen-bond acceptors (Lipinski definition) is 4. The lowest BCUT2D eigenvalue weighted by atomic mass is 9.93. The zero-order valence-corrected chi connectivity index (χ0v) is 9.99. The first-order chi connectivity index (χ1) is 8.17. The molecule has 0 atom stereocenters. The Morgan fingerprint density at radius 2 is 2.18 bits per heavy atom. The van der Waals surface area contributed by atoms with Crippen LogP contribution in [0.3, 0.4) is 0 Å². The summed E-state index contributed by atoms with van der Waals surface area (Å²) >= 11 is 0. The van der Waals surface area contributed by atoms with Crippen molar-refractivity contribution in [3.63, 3.8) is 0 Å². The van der Waals surface area contributed by atoms with Crippen LogP contribution in [-0.4, -0.2) is 18.2 Å². The van der Waals surface area contributed by atoms with Gasteiger partial charge in [-0.1, -0.05) is 13.0 Å². The van der Waals surface area contributed by atoms with Crippen LogP contribution in [0.1, 0.15) is 29.2 Å². The molecule has 0 saturated carbocycles. The summed E-state index contributed by atoms with van der Waals surface area (Å²) in [5.41, 5.74) is 2.73. The molecule has 0 unspecified atom stereocenters. The van der Waals surface area contributed by atoms with E-state index in [4.69, 9.17) is 5.26 Å². The van der Waals surface area contributed by atoms with E-state index in [0.29, 0.717) is 17.5 Å². The van der Waals surface area contributed by atoms with E-state index in [1.165, 1.54) is 7.11 Å². The number of aliphatic hydroxyl groups excluding tert-OH is 1. The van der Waals surface area contributed by atoms with Crippen LogP contribution in [0.4, 0.5) is 0 Å².